The van der Waals surface area contributed by atoms with Crippen LogP contribution in [0.5, 0.6) is 0 Å². The summed E-state index contributed by atoms with van der Waals surface area (Å²) in [6, 6.07) is 0. The van der Waals surface area contributed by atoms with Crippen LogP contribution in [-0.4, -0.2) is 37.6 Å². The molecule has 1 aliphatic heterocycles. The van der Waals surface area contributed by atoms with E-state index in [0.29, 0.717) is 5.41 Å². The van der Waals surface area contributed by atoms with E-state index in [2.05, 4.69) is 37.9 Å². The zero-order chi connectivity index (χ0) is 12.7. The second-order valence-electron chi connectivity index (χ2n) is 6.01. The highest BCUT2D eigenvalue weighted by Gasteiger charge is 2.30. The van der Waals surface area contributed by atoms with Gasteiger partial charge in [-0.15, -0.1) is 0 Å². The van der Waals surface area contributed by atoms with Gasteiger partial charge in [-0.05, 0) is 50.1 Å². The monoisotopic (exact) mass is 240 g/mol. The van der Waals surface area contributed by atoms with Crippen LogP contribution in [0.15, 0.2) is 0 Å². The molecule has 0 amide bonds. The zero-order valence-electron chi connectivity index (χ0n) is 12.4. The van der Waals surface area contributed by atoms with Crippen LogP contribution < -0.4 is 5.32 Å². The van der Waals surface area contributed by atoms with Gasteiger partial charge in [-0.1, -0.05) is 27.7 Å². The van der Waals surface area contributed by atoms with Gasteiger partial charge in [0, 0.05) is 19.6 Å². The molecule has 1 fully saturated rings. The quantitative estimate of drug-likeness (QED) is 0.656. The molecule has 0 aromatic carbocycles. The smallest absolute Gasteiger partial charge is 0.00500 e. The van der Waals surface area contributed by atoms with E-state index in [9.17, 15) is 0 Å². The van der Waals surface area contributed by atoms with Crippen LogP contribution in [0.25, 0.3) is 0 Å². The molecule has 1 N–H and O–H groups in total. The lowest BCUT2D eigenvalue weighted by Crippen LogP contribution is -2.43. The molecule has 0 bridgehead atoms. The first-order valence-electron chi connectivity index (χ1n) is 7.59. The van der Waals surface area contributed by atoms with Crippen molar-refractivity contribution in [2.24, 2.45) is 11.3 Å². The Morgan fingerprint density at radius 3 is 2.41 bits per heavy atom. The lowest BCUT2D eigenvalue weighted by molar-refractivity contribution is 0.152. The Morgan fingerprint density at radius 1 is 1.24 bits per heavy atom. The molecule has 0 aromatic heterocycles. The third kappa shape index (κ3) is 4.59. The lowest BCUT2D eigenvalue weighted by atomic mass is 9.81. The number of rotatable bonds is 8. The molecule has 0 spiro atoms. The predicted molar refractivity (Wildman–Crippen MR) is 76.4 cm³/mol. The van der Waals surface area contributed by atoms with E-state index in [0.717, 1.165) is 12.5 Å². The van der Waals surface area contributed by atoms with Gasteiger partial charge in [0.15, 0.2) is 0 Å². The molecule has 0 radical (unpaired) electrons. The molecule has 0 aromatic rings. The van der Waals surface area contributed by atoms with Crippen molar-refractivity contribution < 1.29 is 0 Å². The average molecular weight is 240 g/mol. The largest absolute Gasteiger partial charge is 0.316 e. The predicted octanol–water partition coefficient (Wildman–Crippen LogP) is 3.13. The van der Waals surface area contributed by atoms with Crippen LogP contribution in [0.2, 0.25) is 0 Å². The molecule has 0 saturated carbocycles. The van der Waals surface area contributed by atoms with Crippen molar-refractivity contribution in [1.29, 1.82) is 0 Å². The molecule has 1 unspecified atom stereocenters. The summed E-state index contributed by atoms with van der Waals surface area (Å²) >= 11 is 0. The van der Waals surface area contributed by atoms with Crippen molar-refractivity contribution in [3.63, 3.8) is 0 Å². The van der Waals surface area contributed by atoms with E-state index in [1.54, 1.807) is 0 Å². The normalized spacial score (nSPS) is 22.2. The third-order valence-electron chi connectivity index (χ3n) is 4.49. The van der Waals surface area contributed by atoms with Gasteiger partial charge in [0.05, 0.1) is 0 Å². The summed E-state index contributed by atoms with van der Waals surface area (Å²) in [6.45, 7) is 15.6. The molecule has 1 atom stereocenters. The van der Waals surface area contributed by atoms with Crippen molar-refractivity contribution in [3.8, 4) is 0 Å². The molecule has 2 nitrogen and oxygen atoms in total. The zero-order valence-corrected chi connectivity index (χ0v) is 12.4. The van der Waals surface area contributed by atoms with E-state index in [1.165, 1.54) is 51.9 Å². The van der Waals surface area contributed by atoms with Crippen LogP contribution in [0.4, 0.5) is 0 Å². The maximum atomic E-state index is 3.64. The first-order valence-corrected chi connectivity index (χ1v) is 7.59. The van der Waals surface area contributed by atoms with Gasteiger partial charge in [0.2, 0.25) is 0 Å². The van der Waals surface area contributed by atoms with Crippen molar-refractivity contribution >= 4 is 0 Å². The fourth-order valence-electron chi connectivity index (χ4n) is 2.95. The Labute approximate surface area is 108 Å². The van der Waals surface area contributed by atoms with E-state index in [-0.39, 0.29) is 0 Å². The van der Waals surface area contributed by atoms with Crippen LogP contribution in [0.1, 0.15) is 53.4 Å². The summed E-state index contributed by atoms with van der Waals surface area (Å²) in [6.07, 6.45) is 5.23. The van der Waals surface area contributed by atoms with Crippen LogP contribution in [-0.2, 0) is 0 Å². The second-order valence-corrected chi connectivity index (χ2v) is 6.01. The Kier molecular flexibility index (Phi) is 6.50. The van der Waals surface area contributed by atoms with Gasteiger partial charge in [0.25, 0.3) is 0 Å². The van der Waals surface area contributed by atoms with Crippen molar-refractivity contribution in [3.05, 3.63) is 0 Å². The molecule has 102 valence electrons. The number of nitrogens with one attached hydrogen (secondary N) is 1. The Hall–Kier alpha value is -0.0800. The molecule has 1 heterocycles. The summed E-state index contributed by atoms with van der Waals surface area (Å²) in [7, 11) is 0. The van der Waals surface area contributed by atoms with E-state index in [1.807, 2.05) is 0 Å². The van der Waals surface area contributed by atoms with Crippen molar-refractivity contribution in [1.82, 2.24) is 10.2 Å². The fourth-order valence-corrected chi connectivity index (χ4v) is 2.95. The van der Waals surface area contributed by atoms with Gasteiger partial charge in [-0.3, -0.25) is 0 Å². The minimum atomic E-state index is 0.499. The van der Waals surface area contributed by atoms with Gasteiger partial charge >= 0.3 is 0 Å². The number of nitrogens with zero attached hydrogens (tertiary/aromatic N) is 1. The molecular formula is C15H32N2. The molecule has 1 saturated heterocycles. The summed E-state index contributed by atoms with van der Waals surface area (Å²) in [5.41, 5.74) is 0.499. The lowest BCUT2D eigenvalue weighted by Gasteiger charge is -2.36. The van der Waals surface area contributed by atoms with E-state index < -0.39 is 0 Å². The minimum Gasteiger partial charge on any atom is -0.316 e. The molecule has 1 aliphatic rings. The first kappa shape index (κ1) is 15.0. The average Bonchev–Trinajstić information content (AvgIpc) is 2.73. The van der Waals surface area contributed by atoms with Gasteiger partial charge in [0.1, 0.15) is 0 Å². The molecule has 17 heavy (non-hydrogen) atoms. The summed E-state index contributed by atoms with van der Waals surface area (Å²) in [5.74, 6) is 0.907. The fraction of sp³-hybridized carbons (Fsp3) is 1.00. The molecule has 2 heteroatoms. The van der Waals surface area contributed by atoms with Gasteiger partial charge in [-0.25, -0.2) is 0 Å². The van der Waals surface area contributed by atoms with Crippen LogP contribution >= 0.6 is 0 Å². The summed E-state index contributed by atoms with van der Waals surface area (Å²) < 4.78 is 0. The molecule has 1 rings (SSSR count). The van der Waals surface area contributed by atoms with Crippen molar-refractivity contribution in [2.45, 2.75) is 53.4 Å². The highest BCUT2D eigenvalue weighted by atomic mass is 15.2. The summed E-state index contributed by atoms with van der Waals surface area (Å²) in [4.78, 5) is 2.69. The molecular weight excluding hydrogens is 208 g/mol. The highest BCUT2D eigenvalue weighted by molar-refractivity contribution is 4.85. The van der Waals surface area contributed by atoms with Crippen molar-refractivity contribution in [2.75, 3.05) is 32.7 Å². The van der Waals surface area contributed by atoms with E-state index >= 15 is 0 Å². The summed E-state index contributed by atoms with van der Waals surface area (Å²) in [5, 5.41) is 3.64. The first-order chi connectivity index (χ1) is 8.15. The number of likely N-dealkylation sites (tertiary alicyclic amines) is 1. The molecule has 0 aliphatic carbocycles. The van der Waals surface area contributed by atoms with Crippen LogP contribution in [0, 0.1) is 11.3 Å². The second kappa shape index (κ2) is 7.38. The van der Waals surface area contributed by atoms with Crippen LogP contribution in [0.3, 0.4) is 0 Å². The maximum Gasteiger partial charge on any atom is 0.00500 e. The van der Waals surface area contributed by atoms with E-state index in [4.69, 9.17) is 0 Å². The topological polar surface area (TPSA) is 15.3 Å². The maximum absolute atomic E-state index is 3.64. The Balaban J connectivity index is 2.45. The Morgan fingerprint density at radius 2 is 1.94 bits per heavy atom. The number of hydrogen-bond acceptors (Lipinski definition) is 2. The number of hydrogen-bond donors (Lipinski definition) is 1. The minimum absolute atomic E-state index is 0.499. The standard InChI is InChI=1S/C15H32N2/c1-5-9-16-12-15(6-2,7-3)13-17-10-8-14(4)11-17/h14,16H,5-13H2,1-4H3. The van der Waals surface area contributed by atoms with Gasteiger partial charge < -0.3 is 10.2 Å². The highest BCUT2D eigenvalue weighted by Crippen LogP contribution is 2.29. The third-order valence-corrected chi connectivity index (χ3v) is 4.49. The SMILES string of the molecule is CCCNCC(CC)(CC)CN1CCC(C)C1. The Bertz CT molecular complexity index is 199. The van der Waals surface area contributed by atoms with Gasteiger partial charge in [-0.2, -0.15) is 0 Å².